The Morgan fingerprint density at radius 3 is 3.08 bits per heavy atom. The highest BCUT2D eigenvalue weighted by Crippen LogP contribution is 2.33. The van der Waals surface area contributed by atoms with Crippen molar-refractivity contribution in [1.29, 1.82) is 0 Å². The smallest absolute Gasteiger partial charge is 0.358 e. The molecule has 0 radical (unpaired) electrons. The molecule has 7 nitrogen and oxygen atoms in total. The van der Waals surface area contributed by atoms with Gasteiger partial charge < -0.3 is 14.0 Å². The Labute approximate surface area is 143 Å². The highest BCUT2D eigenvalue weighted by molar-refractivity contribution is 5.86. The first kappa shape index (κ1) is 15.3. The van der Waals surface area contributed by atoms with E-state index >= 15 is 0 Å². The molecule has 3 aromatic rings. The van der Waals surface area contributed by atoms with E-state index in [1.165, 1.54) is 24.2 Å². The van der Waals surface area contributed by atoms with E-state index in [2.05, 4.69) is 15.1 Å². The normalized spacial score (nSPS) is 15.5. The van der Waals surface area contributed by atoms with Crippen LogP contribution in [-0.4, -0.2) is 27.2 Å². The molecule has 0 saturated carbocycles. The standard InChI is InChI=1S/C18H15N3O4/c1-11-6-12-2-3-13(7-16(12)24-11)17-8-14(21-25-17)10-23-18(22)15-9-19-4-5-20-15/h2-5,7-9,11H,6,10H2,1H3. The fourth-order valence-electron chi connectivity index (χ4n) is 2.69. The van der Waals surface area contributed by atoms with Gasteiger partial charge in [-0.25, -0.2) is 9.78 Å². The number of hydrogen-bond acceptors (Lipinski definition) is 7. The second kappa shape index (κ2) is 6.35. The number of ether oxygens (including phenoxy) is 2. The number of carbonyl (C=O) groups is 1. The van der Waals surface area contributed by atoms with Gasteiger partial charge in [0.15, 0.2) is 11.5 Å². The lowest BCUT2D eigenvalue weighted by molar-refractivity contribution is 0.0456. The van der Waals surface area contributed by atoms with Crippen LogP contribution in [0.1, 0.15) is 28.7 Å². The maximum Gasteiger partial charge on any atom is 0.358 e. The molecule has 4 rings (SSSR count). The minimum absolute atomic E-state index is 0.00260. The van der Waals surface area contributed by atoms with E-state index in [0.29, 0.717) is 11.5 Å². The van der Waals surface area contributed by atoms with Crippen molar-refractivity contribution in [1.82, 2.24) is 15.1 Å². The minimum atomic E-state index is -0.558. The average molecular weight is 337 g/mol. The Balaban J connectivity index is 1.44. The van der Waals surface area contributed by atoms with Crippen molar-refractivity contribution in [2.45, 2.75) is 26.1 Å². The number of esters is 1. The third-order valence-electron chi connectivity index (χ3n) is 3.87. The van der Waals surface area contributed by atoms with Gasteiger partial charge in [0.2, 0.25) is 0 Å². The number of nitrogens with zero attached hydrogens (tertiary/aromatic N) is 3. The van der Waals surface area contributed by atoms with Gasteiger partial charge in [-0.3, -0.25) is 4.98 Å². The Bertz CT molecular complexity index is 908. The summed E-state index contributed by atoms with van der Waals surface area (Å²) in [4.78, 5) is 19.6. The summed E-state index contributed by atoms with van der Waals surface area (Å²) in [6.45, 7) is 2.04. The molecule has 0 fully saturated rings. The fourth-order valence-corrected chi connectivity index (χ4v) is 2.69. The van der Waals surface area contributed by atoms with Crippen LogP contribution in [0.25, 0.3) is 11.3 Å². The molecule has 2 aromatic heterocycles. The average Bonchev–Trinajstić information content (AvgIpc) is 3.25. The first-order valence-electron chi connectivity index (χ1n) is 7.88. The molecular weight excluding hydrogens is 322 g/mol. The first-order chi connectivity index (χ1) is 12.2. The van der Waals surface area contributed by atoms with Crippen molar-refractivity contribution in [2.75, 3.05) is 0 Å². The lowest BCUT2D eigenvalue weighted by atomic mass is 10.1. The third kappa shape index (κ3) is 3.21. The largest absolute Gasteiger partial charge is 0.490 e. The Morgan fingerprint density at radius 1 is 1.32 bits per heavy atom. The van der Waals surface area contributed by atoms with Gasteiger partial charge in [0, 0.05) is 30.4 Å². The van der Waals surface area contributed by atoms with Crippen molar-refractivity contribution < 1.29 is 18.8 Å². The highest BCUT2D eigenvalue weighted by atomic mass is 16.5. The Morgan fingerprint density at radius 2 is 2.24 bits per heavy atom. The van der Waals surface area contributed by atoms with E-state index in [1.807, 2.05) is 25.1 Å². The van der Waals surface area contributed by atoms with Gasteiger partial charge in [-0.05, 0) is 18.6 Å². The van der Waals surface area contributed by atoms with E-state index in [9.17, 15) is 4.79 Å². The summed E-state index contributed by atoms with van der Waals surface area (Å²) in [6.07, 6.45) is 5.37. The summed E-state index contributed by atoms with van der Waals surface area (Å²) in [6, 6.07) is 7.68. The van der Waals surface area contributed by atoms with Gasteiger partial charge in [-0.2, -0.15) is 0 Å². The van der Waals surface area contributed by atoms with Crippen LogP contribution < -0.4 is 4.74 Å². The van der Waals surface area contributed by atoms with Crippen LogP contribution in [-0.2, 0) is 17.8 Å². The maximum absolute atomic E-state index is 11.9. The zero-order valence-corrected chi connectivity index (χ0v) is 13.5. The predicted molar refractivity (Wildman–Crippen MR) is 86.9 cm³/mol. The van der Waals surface area contributed by atoms with Crippen molar-refractivity contribution in [3.05, 3.63) is 59.8 Å². The van der Waals surface area contributed by atoms with Crippen LogP contribution in [0.4, 0.5) is 0 Å². The van der Waals surface area contributed by atoms with Gasteiger partial charge in [-0.15, -0.1) is 0 Å². The van der Waals surface area contributed by atoms with Crippen molar-refractivity contribution in [2.24, 2.45) is 0 Å². The van der Waals surface area contributed by atoms with Gasteiger partial charge in [0.1, 0.15) is 24.2 Å². The topological polar surface area (TPSA) is 87.3 Å². The van der Waals surface area contributed by atoms with Crippen LogP contribution in [0.2, 0.25) is 0 Å². The van der Waals surface area contributed by atoms with Gasteiger partial charge in [0.25, 0.3) is 0 Å². The van der Waals surface area contributed by atoms with Crippen LogP contribution in [0.3, 0.4) is 0 Å². The van der Waals surface area contributed by atoms with Gasteiger partial charge in [-0.1, -0.05) is 17.3 Å². The monoisotopic (exact) mass is 337 g/mol. The molecule has 25 heavy (non-hydrogen) atoms. The van der Waals surface area contributed by atoms with E-state index in [1.54, 1.807) is 6.07 Å². The predicted octanol–water partition coefficient (Wildman–Crippen LogP) is 2.81. The Kier molecular flexibility index (Phi) is 3.89. The molecule has 0 aliphatic carbocycles. The summed E-state index contributed by atoms with van der Waals surface area (Å²) in [5.41, 5.74) is 2.72. The number of fused-ring (bicyclic) bond motifs is 1. The Hall–Kier alpha value is -3.22. The number of benzene rings is 1. The molecule has 0 spiro atoms. The summed E-state index contributed by atoms with van der Waals surface area (Å²) >= 11 is 0. The number of aromatic nitrogens is 3. The van der Waals surface area contributed by atoms with Crippen molar-refractivity contribution >= 4 is 5.97 Å². The summed E-state index contributed by atoms with van der Waals surface area (Å²) in [5, 5.41) is 3.94. The lowest BCUT2D eigenvalue weighted by Crippen LogP contribution is -2.07. The maximum atomic E-state index is 11.9. The third-order valence-corrected chi connectivity index (χ3v) is 3.87. The van der Waals surface area contributed by atoms with Crippen LogP contribution >= 0.6 is 0 Å². The molecule has 7 heteroatoms. The second-order valence-electron chi connectivity index (χ2n) is 5.80. The lowest BCUT2D eigenvalue weighted by Gasteiger charge is -2.03. The minimum Gasteiger partial charge on any atom is -0.490 e. The zero-order valence-electron chi connectivity index (χ0n) is 13.5. The molecule has 1 unspecified atom stereocenters. The molecule has 1 aromatic carbocycles. The number of rotatable bonds is 4. The number of carbonyl (C=O) groups excluding carboxylic acids is 1. The molecule has 3 heterocycles. The summed E-state index contributed by atoms with van der Waals surface area (Å²) in [5.74, 6) is 0.908. The molecule has 1 atom stereocenters. The quantitative estimate of drug-likeness (QED) is 0.676. The van der Waals surface area contributed by atoms with Crippen LogP contribution in [0, 0.1) is 0 Å². The van der Waals surface area contributed by atoms with Gasteiger partial charge >= 0.3 is 5.97 Å². The molecule has 0 amide bonds. The van der Waals surface area contributed by atoms with Crippen molar-refractivity contribution in [3.8, 4) is 17.1 Å². The molecule has 1 aliphatic heterocycles. The van der Waals surface area contributed by atoms with Crippen LogP contribution in [0.5, 0.6) is 5.75 Å². The second-order valence-corrected chi connectivity index (χ2v) is 5.80. The molecule has 0 saturated heterocycles. The van der Waals surface area contributed by atoms with E-state index in [0.717, 1.165) is 17.7 Å². The SMILES string of the molecule is CC1Cc2ccc(-c3cc(COC(=O)c4cnccn4)no3)cc2O1. The zero-order chi connectivity index (χ0) is 17.2. The first-order valence-corrected chi connectivity index (χ1v) is 7.88. The molecule has 0 bridgehead atoms. The van der Waals surface area contributed by atoms with E-state index < -0.39 is 5.97 Å². The molecule has 126 valence electrons. The molecular formula is C18H15N3O4. The summed E-state index contributed by atoms with van der Waals surface area (Å²) in [7, 11) is 0. The van der Waals surface area contributed by atoms with E-state index in [-0.39, 0.29) is 18.4 Å². The van der Waals surface area contributed by atoms with Crippen LogP contribution in [0.15, 0.2) is 47.4 Å². The van der Waals surface area contributed by atoms with Crippen molar-refractivity contribution in [3.63, 3.8) is 0 Å². The van der Waals surface area contributed by atoms with Gasteiger partial charge in [0.05, 0.1) is 6.20 Å². The fraction of sp³-hybridized carbons (Fsp3) is 0.222. The van der Waals surface area contributed by atoms with E-state index in [4.69, 9.17) is 14.0 Å². The number of hydrogen-bond donors (Lipinski definition) is 0. The summed E-state index contributed by atoms with van der Waals surface area (Å²) < 4.78 is 16.3. The molecule has 0 N–H and O–H groups in total. The molecule has 1 aliphatic rings. The highest BCUT2D eigenvalue weighted by Gasteiger charge is 2.20.